The molecule has 4 N–H and O–H groups in total. The molecule has 1 unspecified atom stereocenters. The Balaban J connectivity index is 2.61. The predicted octanol–water partition coefficient (Wildman–Crippen LogP) is -4.33. The van der Waals surface area contributed by atoms with Gasteiger partial charge >= 0.3 is 5.69 Å². The van der Waals surface area contributed by atoms with E-state index in [1.807, 2.05) is 0 Å². The second-order valence-electron chi connectivity index (χ2n) is 5.17. The molecule has 0 bridgehead atoms. The van der Waals surface area contributed by atoms with Crippen LogP contribution in [0.25, 0.3) is 0 Å². The average molecular weight is 317 g/mol. The van der Waals surface area contributed by atoms with Crippen molar-refractivity contribution in [2.45, 2.75) is 30.5 Å². The van der Waals surface area contributed by atoms with Crippen molar-refractivity contribution in [2.75, 3.05) is 6.61 Å². The molecule has 0 amide bonds. The van der Waals surface area contributed by atoms with Gasteiger partial charge in [-0.25, -0.2) is 4.79 Å². The van der Waals surface area contributed by atoms with E-state index in [9.17, 15) is 30.0 Å². The number of nitrogens with zero attached hydrogens (tertiary/aromatic N) is 2. The molecule has 2 heterocycles. The van der Waals surface area contributed by atoms with E-state index in [1.54, 1.807) is 0 Å². The highest BCUT2D eigenvalue weighted by atomic mass is 16.5. The molecule has 1 aromatic heterocycles. The third kappa shape index (κ3) is 2.34. The van der Waals surface area contributed by atoms with Crippen LogP contribution in [0.4, 0.5) is 0 Å². The van der Waals surface area contributed by atoms with Crippen LogP contribution in [0.2, 0.25) is 0 Å². The van der Waals surface area contributed by atoms with Gasteiger partial charge in [0.05, 0.1) is 12.2 Å². The number of aliphatic hydroxyl groups excluding tert-OH is 4. The molecule has 0 aromatic carbocycles. The first-order valence-electron chi connectivity index (χ1n) is 6.49. The van der Waals surface area contributed by atoms with Crippen LogP contribution in [0.3, 0.4) is 0 Å². The van der Waals surface area contributed by atoms with Crippen LogP contribution < -0.4 is 16.4 Å². The minimum Gasteiger partial charge on any atom is -0.860 e. The monoisotopic (exact) mass is 317 g/mol. The highest BCUT2D eigenvalue weighted by molar-refractivity contribution is 5.27. The summed E-state index contributed by atoms with van der Waals surface area (Å²) in [5, 5.41) is 50.7. The molecular weight excluding hydrogens is 300 g/mol. The fraction of sp³-hybridized carbons (Fsp3) is 0.667. The molecule has 1 aromatic rings. The molecule has 0 aliphatic carbocycles. The van der Waals surface area contributed by atoms with Gasteiger partial charge in [-0.15, -0.1) is 0 Å². The summed E-state index contributed by atoms with van der Waals surface area (Å²) in [4.78, 5) is 23.8. The molecule has 5 atom stereocenters. The van der Waals surface area contributed by atoms with Gasteiger partial charge in [-0.3, -0.25) is 9.36 Å². The molecule has 10 heteroatoms. The van der Waals surface area contributed by atoms with Crippen molar-refractivity contribution in [3.8, 4) is 5.88 Å². The van der Waals surface area contributed by atoms with Gasteiger partial charge in [0, 0.05) is 14.1 Å². The fourth-order valence-electron chi connectivity index (χ4n) is 2.44. The molecule has 1 aliphatic heterocycles. The second-order valence-corrected chi connectivity index (χ2v) is 5.17. The first-order chi connectivity index (χ1) is 10.2. The summed E-state index contributed by atoms with van der Waals surface area (Å²) >= 11 is 0. The molecular formula is C12H17N2O8-. The lowest BCUT2D eigenvalue weighted by atomic mass is 9.92. The fourth-order valence-corrected chi connectivity index (χ4v) is 2.44. The maximum atomic E-state index is 12.1. The zero-order chi connectivity index (χ0) is 16.8. The van der Waals surface area contributed by atoms with E-state index in [4.69, 9.17) is 9.84 Å². The summed E-state index contributed by atoms with van der Waals surface area (Å²) in [7, 11) is 2.30. The highest BCUT2D eigenvalue weighted by Crippen LogP contribution is 2.33. The van der Waals surface area contributed by atoms with Crippen molar-refractivity contribution >= 4 is 0 Å². The summed E-state index contributed by atoms with van der Waals surface area (Å²) < 4.78 is 6.52. The molecule has 0 spiro atoms. The minimum atomic E-state index is -1.77. The van der Waals surface area contributed by atoms with Crippen LogP contribution in [0.1, 0.15) is 11.7 Å². The summed E-state index contributed by atoms with van der Waals surface area (Å²) in [5.41, 5.74) is -2.37. The molecule has 124 valence electrons. The van der Waals surface area contributed by atoms with E-state index < -0.39 is 59.8 Å². The van der Waals surface area contributed by atoms with Gasteiger partial charge in [0.25, 0.3) is 5.56 Å². The first-order valence-corrected chi connectivity index (χ1v) is 6.49. The van der Waals surface area contributed by atoms with Crippen molar-refractivity contribution in [3.05, 3.63) is 26.4 Å². The predicted molar refractivity (Wildman–Crippen MR) is 69.1 cm³/mol. The Morgan fingerprint density at radius 1 is 1.09 bits per heavy atom. The molecule has 1 saturated heterocycles. The van der Waals surface area contributed by atoms with Gasteiger partial charge in [-0.2, -0.15) is 0 Å². The maximum absolute atomic E-state index is 12.1. The largest absolute Gasteiger partial charge is 0.860 e. The van der Waals surface area contributed by atoms with Crippen LogP contribution in [0.15, 0.2) is 9.59 Å². The van der Waals surface area contributed by atoms with Gasteiger partial charge in [0.15, 0.2) is 0 Å². The standard InChI is InChI=1S/C12H18N2O8/c1-13-10(19)5(11(20)14(2)12(13)21)9-8(18)7(17)6(16)4(3-15)22-9/h4,6-9,15-19H,3H2,1-2H3/p-1/t4-,6-,7+,8-,9?/m1/s1. The Hall–Kier alpha value is -1.72. The van der Waals surface area contributed by atoms with Gasteiger partial charge in [0.1, 0.15) is 30.5 Å². The number of aliphatic hydroxyl groups is 4. The van der Waals surface area contributed by atoms with Crippen LogP contribution in [-0.4, -0.2) is 60.6 Å². The molecule has 0 radical (unpaired) electrons. The lowest BCUT2D eigenvalue weighted by molar-refractivity contribution is -0.287. The Morgan fingerprint density at radius 3 is 2.23 bits per heavy atom. The summed E-state index contributed by atoms with van der Waals surface area (Å²) in [6.45, 7) is -0.693. The Bertz CT molecular complexity index is 679. The number of hydrogen-bond acceptors (Lipinski definition) is 8. The SMILES string of the molecule is Cn1c([O-])c(C2O[C@H](CO)[C@@H](O)[C@H](O)[C@H]2O)c(=O)n(C)c1=O. The van der Waals surface area contributed by atoms with Gasteiger partial charge in [-0.05, 0) is 5.88 Å². The van der Waals surface area contributed by atoms with E-state index in [0.29, 0.717) is 9.13 Å². The normalized spacial score (nSPS) is 32.2. The van der Waals surface area contributed by atoms with Gasteiger partial charge in [0.2, 0.25) is 0 Å². The Morgan fingerprint density at radius 2 is 1.68 bits per heavy atom. The van der Waals surface area contributed by atoms with Crippen LogP contribution in [0.5, 0.6) is 5.88 Å². The summed E-state index contributed by atoms with van der Waals surface area (Å²) in [5.74, 6) is -0.975. The summed E-state index contributed by atoms with van der Waals surface area (Å²) in [6, 6.07) is 0. The number of rotatable bonds is 2. The zero-order valence-electron chi connectivity index (χ0n) is 11.9. The lowest BCUT2D eigenvalue weighted by Gasteiger charge is -2.41. The van der Waals surface area contributed by atoms with Crippen molar-refractivity contribution < 1.29 is 30.3 Å². The van der Waals surface area contributed by atoms with E-state index in [0.717, 1.165) is 14.1 Å². The third-order valence-electron chi connectivity index (χ3n) is 3.82. The third-order valence-corrected chi connectivity index (χ3v) is 3.82. The van der Waals surface area contributed by atoms with Crippen LogP contribution >= 0.6 is 0 Å². The topological polar surface area (TPSA) is 157 Å². The molecule has 10 nitrogen and oxygen atoms in total. The smallest absolute Gasteiger partial charge is 0.329 e. The van der Waals surface area contributed by atoms with Crippen LogP contribution in [0, 0.1) is 0 Å². The highest BCUT2D eigenvalue weighted by Gasteiger charge is 2.45. The second kappa shape index (κ2) is 5.82. The van der Waals surface area contributed by atoms with Crippen molar-refractivity contribution in [2.24, 2.45) is 14.1 Å². The van der Waals surface area contributed by atoms with Crippen molar-refractivity contribution in [1.82, 2.24) is 9.13 Å². The van der Waals surface area contributed by atoms with E-state index in [2.05, 4.69) is 0 Å². The minimum absolute atomic E-state index is 0.554. The Labute approximate surface area is 124 Å². The maximum Gasteiger partial charge on any atom is 0.329 e. The van der Waals surface area contributed by atoms with Gasteiger partial charge in [-0.1, -0.05) is 0 Å². The van der Waals surface area contributed by atoms with E-state index >= 15 is 0 Å². The molecule has 1 aliphatic rings. The Kier molecular flexibility index (Phi) is 4.40. The van der Waals surface area contributed by atoms with Crippen LogP contribution in [-0.2, 0) is 18.8 Å². The zero-order valence-corrected chi connectivity index (χ0v) is 11.9. The number of ether oxygens (including phenoxy) is 1. The van der Waals surface area contributed by atoms with Crippen molar-refractivity contribution in [3.63, 3.8) is 0 Å². The van der Waals surface area contributed by atoms with E-state index in [1.165, 1.54) is 0 Å². The van der Waals surface area contributed by atoms with E-state index in [-0.39, 0.29) is 0 Å². The first kappa shape index (κ1) is 16.6. The summed E-state index contributed by atoms with van der Waals surface area (Å²) in [6.07, 6.45) is -7.94. The molecule has 22 heavy (non-hydrogen) atoms. The average Bonchev–Trinajstić information content (AvgIpc) is 2.51. The molecule has 0 saturated carbocycles. The molecule has 1 fully saturated rings. The lowest BCUT2D eigenvalue weighted by Crippen LogP contribution is -2.56. The number of aromatic nitrogens is 2. The number of hydrogen-bond donors (Lipinski definition) is 4. The van der Waals surface area contributed by atoms with Gasteiger partial charge < -0.3 is 34.8 Å². The van der Waals surface area contributed by atoms with Crippen molar-refractivity contribution in [1.29, 1.82) is 0 Å². The quantitative estimate of drug-likeness (QED) is 0.426. The molecule has 2 rings (SSSR count).